The molecule has 0 aliphatic carbocycles. The predicted molar refractivity (Wildman–Crippen MR) is 103 cm³/mol. The molecular weight excluding hydrogens is 334 g/mol. The summed E-state index contributed by atoms with van der Waals surface area (Å²) in [5, 5.41) is 0. The fourth-order valence-corrected chi connectivity index (χ4v) is 2.89. The fourth-order valence-electron chi connectivity index (χ4n) is 2.48. The third-order valence-electron chi connectivity index (χ3n) is 3.72. The number of ether oxygens (including phenoxy) is 2. The Bertz CT molecular complexity index is 701. The van der Waals surface area contributed by atoms with Crippen molar-refractivity contribution in [3.8, 4) is 11.5 Å². The van der Waals surface area contributed by atoms with Crippen molar-refractivity contribution >= 4 is 17.7 Å². The highest BCUT2D eigenvalue weighted by Crippen LogP contribution is 2.29. The standard InChI is InChI=1S/C20H25NO3S/c1-5-23-18-12-9-16(13-19(18)24-6-2)20(22)21(3)14-15-7-10-17(25-4)11-8-15/h7-13H,5-6,14H2,1-4H3. The van der Waals surface area contributed by atoms with E-state index in [-0.39, 0.29) is 5.91 Å². The molecule has 0 aromatic heterocycles. The van der Waals surface area contributed by atoms with E-state index in [1.54, 1.807) is 34.9 Å². The number of amides is 1. The van der Waals surface area contributed by atoms with Crippen LogP contribution in [0.5, 0.6) is 11.5 Å². The minimum Gasteiger partial charge on any atom is -0.490 e. The van der Waals surface area contributed by atoms with Gasteiger partial charge in [-0.25, -0.2) is 0 Å². The Morgan fingerprint density at radius 2 is 1.64 bits per heavy atom. The van der Waals surface area contributed by atoms with Crippen molar-refractivity contribution in [2.75, 3.05) is 26.5 Å². The maximum Gasteiger partial charge on any atom is 0.254 e. The molecule has 0 spiro atoms. The number of carbonyl (C=O) groups excluding carboxylic acids is 1. The van der Waals surface area contributed by atoms with Gasteiger partial charge in [-0.1, -0.05) is 12.1 Å². The monoisotopic (exact) mass is 359 g/mol. The van der Waals surface area contributed by atoms with E-state index in [0.29, 0.717) is 36.8 Å². The minimum atomic E-state index is -0.0436. The van der Waals surface area contributed by atoms with E-state index < -0.39 is 0 Å². The summed E-state index contributed by atoms with van der Waals surface area (Å²) >= 11 is 1.70. The van der Waals surface area contributed by atoms with Crippen LogP contribution in [-0.2, 0) is 6.54 Å². The van der Waals surface area contributed by atoms with Crippen LogP contribution in [0.4, 0.5) is 0 Å². The summed E-state index contributed by atoms with van der Waals surface area (Å²) in [6, 6.07) is 13.6. The van der Waals surface area contributed by atoms with Crippen LogP contribution >= 0.6 is 11.8 Å². The van der Waals surface area contributed by atoms with E-state index in [1.165, 1.54) is 4.90 Å². The zero-order valence-electron chi connectivity index (χ0n) is 15.2. The Morgan fingerprint density at radius 3 is 2.24 bits per heavy atom. The highest BCUT2D eigenvalue weighted by atomic mass is 32.2. The van der Waals surface area contributed by atoms with Gasteiger partial charge < -0.3 is 14.4 Å². The zero-order valence-corrected chi connectivity index (χ0v) is 16.1. The lowest BCUT2D eigenvalue weighted by molar-refractivity contribution is 0.0784. The van der Waals surface area contributed by atoms with Gasteiger partial charge in [0.1, 0.15) is 0 Å². The second-order valence-electron chi connectivity index (χ2n) is 5.54. The van der Waals surface area contributed by atoms with Crippen molar-refractivity contribution in [1.82, 2.24) is 4.90 Å². The van der Waals surface area contributed by atoms with Gasteiger partial charge in [-0.2, -0.15) is 0 Å². The van der Waals surface area contributed by atoms with Gasteiger partial charge in [0.25, 0.3) is 5.91 Å². The van der Waals surface area contributed by atoms with Crippen molar-refractivity contribution < 1.29 is 14.3 Å². The summed E-state index contributed by atoms with van der Waals surface area (Å²) in [6.07, 6.45) is 2.05. The molecule has 0 saturated heterocycles. The molecule has 5 heteroatoms. The van der Waals surface area contributed by atoms with Gasteiger partial charge in [0.15, 0.2) is 11.5 Å². The molecule has 2 aromatic carbocycles. The van der Waals surface area contributed by atoms with Gasteiger partial charge in [-0.15, -0.1) is 11.8 Å². The normalized spacial score (nSPS) is 10.4. The van der Waals surface area contributed by atoms with Crippen molar-refractivity contribution in [1.29, 1.82) is 0 Å². The first-order chi connectivity index (χ1) is 12.1. The van der Waals surface area contributed by atoms with E-state index in [4.69, 9.17) is 9.47 Å². The molecule has 0 N–H and O–H groups in total. The van der Waals surface area contributed by atoms with E-state index in [0.717, 1.165) is 5.56 Å². The van der Waals surface area contributed by atoms with Crippen LogP contribution in [0.15, 0.2) is 47.4 Å². The molecular formula is C20H25NO3S. The molecule has 0 atom stereocenters. The molecule has 4 nitrogen and oxygen atoms in total. The first-order valence-electron chi connectivity index (χ1n) is 8.37. The SMILES string of the molecule is CCOc1ccc(C(=O)N(C)Cc2ccc(SC)cc2)cc1OCC. The van der Waals surface area contributed by atoms with E-state index in [9.17, 15) is 4.79 Å². The molecule has 25 heavy (non-hydrogen) atoms. The summed E-state index contributed by atoms with van der Waals surface area (Å²) in [7, 11) is 1.81. The average molecular weight is 359 g/mol. The Balaban J connectivity index is 2.13. The van der Waals surface area contributed by atoms with Crippen LogP contribution in [0.2, 0.25) is 0 Å². The van der Waals surface area contributed by atoms with Gasteiger partial charge in [0, 0.05) is 24.1 Å². The van der Waals surface area contributed by atoms with Crippen LogP contribution in [-0.4, -0.2) is 37.3 Å². The number of hydrogen-bond acceptors (Lipinski definition) is 4. The van der Waals surface area contributed by atoms with Crippen LogP contribution in [0.1, 0.15) is 29.8 Å². The lowest BCUT2D eigenvalue weighted by atomic mass is 10.1. The molecule has 0 heterocycles. The molecule has 1 amide bonds. The average Bonchev–Trinajstić information content (AvgIpc) is 2.63. The summed E-state index contributed by atoms with van der Waals surface area (Å²) in [4.78, 5) is 15.6. The summed E-state index contributed by atoms with van der Waals surface area (Å²) in [5.41, 5.74) is 1.69. The third kappa shape index (κ3) is 5.16. The van der Waals surface area contributed by atoms with Gasteiger partial charge in [-0.05, 0) is 56.0 Å². The Morgan fingerprint density at radius 1 is 1.00 bits per heavy atom. The van der Waals surface area contributed by atoms with E-state index >= 15 is 0 Å². The molecule has 134 valence electrons. The predicted octanol–water partition coefficient (Wildman–Crippen LogP) is 4.48. The van der Waals surface area contributed by atoms with Crippen molar-refractivity contribution in [3.63, 3.8) is 0 Å². The first kappa shape index (κ1) is 19.2. The number of hydrogen-bond donors (Lipinski definition) is 0. The van der Waals surface area contributed by atoms with Crippen molar-refractivity contribution in [3.05, 3.63) is 53.6 Å². The molecule has 0 unspecified atom stereocenters. The molecule has 2 rings (SSSR count). The molecule has 0 bridgehead atoms. The maximum atomic E-state index is 12.7. The summed E-state index contributed by atoms with van der Waals surface area (Å²) in [6.45, 7) is 5.47. The second-order valence-corrected chi connectivity index (χ2v) is 6.42. The van der Waals surface area contributed by atoms with Gasteiger partial charge >= 0.3 is 0 Å². The Kier molecular flexibility index (Phi) is 7.19. The molecule has 0 saturated carbocycles. The van der Waals surface area contributed by atoms with Gasteiger partial charge in [-0.3, -0.25) is 4.79 Å². The summed E-state index contributed by atoms with van der Waals surface area (Å²) in [5.74, 6) is 1.22. The second kappa shape index (κ2) is 9.37. The third-order valence-corrected chi connectivity index (χ3v) is 4.46. The quantitative estimate of drug-likeness (QED) is 0.652. The van der Waals surface area contributed by atoms with E-state index in [1.807, 2.05) is 27.2 Å². The smallest absolute Gasteiger partial charge is 0.254 e. The first-order valence-corrected chi connectivity index (χ1v) is 9.59. The maximum absolute atomic E-state index is 12.7. The van der Waals surface area contributed by atoms with Gasteiger partial charge in [0.2, 0.25) is 0 Å². The number of carbonyl (C=O) groups is 1. The lowest BCUT2D eigenvalue weighted by Gasteiger charge is -2.19. The van der Waals surface area contributed by atoms with Crippen LogP contribution in [0.25, 0.3) is 0 Å². The molecule has 2 aromatic rings. The zero-order chi connectivity index (χ0) is 18.2. The lowest BCUT2D eigenvalue weighted by Crippen LogP contribution is -2.26. The van der Waals surface area contributed by atoms with Crippen molar-refractivity contribution in [2.24, 2.45) is 0 Å². The van der Waals surface area contributed by atoms with Gasteiger partial charge in [0.05, 0.1) is 13.2 Å². The van der Waals surface area contributed by atoms with Crippen LogP contribution in [0.3, 0.4) is 0 Å². The largest absolute Gasteiger partial charge is 0.490 e. The highest BCUT2D eigenvalue weighted by molar-refractivity contribution is 7.98. The van der Waals surface area contributed by atoms with E-state index in [2.05, 4.69) is 24.3 Å². The number of thioether (sulfide) groups is 1. The molecule has 0 aliphatic rings. The Hall–Kier alpha value is -2.14. The summed E-state index contributed by atoms with van der Waals surface area (Å²) < 4.78 is 11.2. The minimum absolute atomic E-state index is 0.0436. The fraction of sp³-hybridized carbons (Fsp3) is 0.350. The highest BCUT2D eigenvalue weighted by Gasteiger charge is 2.15. The van der Waals surface area contributed by atoms with Crippen LogP contribution in [0, 0.1) is 0 Å². The number of benzene rings is 2. The molecule has 0 aliphatic heterocycles. The Labute approximate surface area is 154 Å². The number of nitrogens with zero attached hydrogens (tertiary/aromatic N) is 1. The van der Waals surface area contributed by atoms with Crippen molar-refractivity contribution in [2.45, 2.75) is 25.3 Å². The molecule has 0 fully saturated rings. The number of rotatable bonds is 8. The van der Waals surface area contributed by atoms with Crippen LogP contribution < -0.4 is 9.47 Å². The molecule has 0 radical (unpaired) electrons. The topological polar surface area (TPSA) is 38.8 Å².